The molecule has 0 unspecified atom stereocenters. The van der Waals surface area contributed by atoms with Gasteiger partial charge >= 0.3 is 0 Å². The number of H-pyrrole nitrogens is 1. The van der Waals surface area contributed by atoms with Gasteiger partial charge in [-0.05, 0) is 12.1 Å². The molecule has 2 N–H and O–H groups in total. The van der Waals surface area contributed by atoms with Crippen LogP contribution in [-0.2, 0) is 0 Å². The zero-order valence-electron chi connectivity index (χ0n) is 12.9. The van der Waals surface area contributed by atoms with Gasteiger partial charge in [-0.25, -0.2) is 23.3 Å². The third-order valence-corrected chi connectivity index (χ3v) is 4.39. The van der Waals surface area contributed by atoms with Gasteiger partial charge in [0.05, 0.1) is 5.69 Å². The van der Waals surface area contributed by atoms with E-state index in [9.17, 15) is 8.78 Å². The monoisotopic (exact) mass is 341 g/mol. The highest BCUT2D eigenvalue weighted by Crippen LogP contribution is 2.38. The number of rotatable bonds is 3. The number of fused-ring (bicyclic) bond motifs is 2. The number of hydrogen-bond donors (Lipinski definition) is 2. The lowest BCUT2D eigenvalue weighted by Crippen LogP contribution is -2.44. The molecule has 1 saturated carbocycles. The number of nitrogens with zero attached hydrogens (tertiary/aromatic N) is 5. The van der Waals surface area contributed by atoms with E-state index in [0.29, 0.717) is 11.6 Å². The summed E-state index contributed by atoms with van der Waals surface area (Å²) in [6.45, 7) is 0. The fraction of sp³-hybridized carbons (Fsp3) is 0.250. The van der Waals surface area contributed by atoms with E-state index in [1.165, 1.54) is 0 Å². The zero-order chi connectivity index (χ0) is 17.0. The summed E-state index contributed by atoms with van der Waals surface area (Å²) in [7, 11) is 0. The molecule has 0 amide bonds. The largest absolute Gasteiger partial charge is 0.351 e. The van der Waals surface area contributed by atoms with Gasteiger partial charge in [-0.15, -0.1) is 0 Å². The van der Waals surface area contributed by atoms with Crippen molar-refractivity contribution in [3.05, 3.63) is 36.9 Å². The Labute approximate surface area is 140 Å². The average molecular weight is 341 g/mol. The summed E-state index contributed by atoms with van der Waals surface area (Å²) in [5.74, 6) is -2.22. The first-order chi connectivity index (χ1) is 12.1. The summed E-state index contributed by atoms with van der Waals surface area (Å²) < 4.78 is 27.5. The van der Waals surface area contributed by atoms with Crippen LogP contribution >= 0.6 is 0 Å². The molecule has 25 heavy (non-hydrogen) atoms. The van der Waals surface area contributed by atoms with Crippen LogP contribution in [0, 0.1) is 0 Å². The lowest BCUT2D eigenvalue weighted by atomic mass is 9.88. The lowest BCUT2D eigenvalue weighted by molar-refractivity contribution is -0.0794. The molecule has 0 radical (unpaired) electrons. The maximum Gasteiger partial charge on any atom is 0.252 e. The normalized spacial score (nSPS) is 17.0. The Bertz CT molecular complexity index is 1080. The van der Waals surface area contributed by atoms with Crippen LogP contribution in [0.25, 0.3) is 27.9 Å². The van der Waals surface area contributed by atoms with Gasteiger partial charge in [0.2, 0.25) is 5.95 Å². The molecule has 0 aromatic carbocycles. The topological polar surface area (TPSA) is 83.8 Å². The molecule has 0 atom stereocenters. The molecule has 4 aromatic rings. The molecule has 7 nitrogen and oxygen atoms in total. The molecular formula is C16H13F2N7. The van der Waals surface area contributed by atoms with Gasteiger partial charge in [0.1, 0.15) is 5.65 Å². The minimum atomic E-state index is -2.57. The molecule has 0 bridgehead atoms. The average Bonchev–Trinajstić information content (AvgIpc) is 3.18. The van der Waals surface area contributed by atoms with Crippen LogP contribution in [0.1, 0.15) is 12.8 Å². The predicted octanol–water partition coefficient (Wildman–Crippen LogP) is 2.88. The quantitative estimate of drug-likeness (QED) is 0.599. The molecule has 1 fully saturated rings. The summed E-state index contributed by atoms with van der Waals surface area (Å²) in [6.07, 6.45) is 6.59. The standard InChI is InChI=1S/C16H13F2N7/c17-16(18)5-9(6-16)22-15-21-8-11-10(7-20-14(11)23-15)12-1-2-13-19-3-4-25(13)24-12/h1-4,7-9H,5-6H2,(H2,20,21,22,23). The molecule has 126 valence electrons. The SMILES string of the molecule is FC1(F)CC(Nc2ncc3c(-c4ccc5nccn5n4)c[nH]c3n2)C1. The Balaban J connectivity index is 1.46. The Morgan fingerprint density at radius 3 is 2.96 bits per heavy atom. The molecule has 9 heteroatoms. The molecule has 1 aliphatic carbocycles. The molecule has 0 spiro atoms. The van der Waals surface area contributed by atoms with Gasteiger partial charge in [-0.2, -0.15) is 10.1 Å². The lowest BCUT2D eigenvalue weighted by Gasteiger charge is -2.35. The van der Waals surface area contributed by atoms with Crippen molar-refractivity contribution < 1.29 is 8.78 Å². The van der Waals surface area contributed by atoms with E-state index in [4.69, 9.17) is 0 Å². The molecule has 4 aromatic heterocycles. The maximum atomic E-state index is 12.9. The molecule has 0 saturated heterocycles. The van der Waals surface area contributed by atoms with Crippen LogP contribution in [0.4, 0.5) is 14.7 Å². The smallest absolute Gasteiger partial charge is 0.252 e. The number of imidazole rings is 1. The van der Waals surface area contributed by atoms with Gasteiger partial charge < -0.3 is 10.3 Å². The highest BCUT2D eigenvalue weighted by atomic mass is 19.3. The Morgan fingerprint density at radius 1 is 1.24 bits per heavy atom. The number of aromatic amines is 1. The van der Waals surface area contributed by atoms with Crippen LogP contribution in [0.2, 0.25) is 0 Å². The highest BCUT2D eigenvalue weighted by molar-refractivity contribution is 5.92. The van der Waals surface area contributed by atoms with Crippen molar-refractivity contribution in [3.8, 4) is 11.3 Å². The van der Waals surface area contributed by atoms with Crippen LogP contribution < -0.4 is 5.32 Å². The molecular weight excluding hydrogens is 328 g/mol. The third-order valence-electron chi connectivity index (χ3n) is 4.39. The Hall–Kier alpha value is -3.10. The first-order valence-electron chi connectivity index (χ1n) is 7.87. The van der Waals surface area contributed by atoms with Crippen molar-refractivity contribution in [2.24, 2.45) is 0 Å². The highest BCUT2D eigenvalue weighted by Gasteiger charge is 2.45. The number of alkyl halides is 2. The van der Waals surface area contributed by atoms with Gasteiger partial charge in [0, 0.05) is 54.6 Å². The van der Waals surface area contributed by atoms with Crippen molar-refractivity contribution >= 4 is 22.6 Å². The Kier molecular flexibility index (Phi) is 2.82. The van der Waals surface area contributed by atoms with E-state index in [-0.39, 0.29) is 18.9 Å². The zero-order valence-corrected chi connectivity index (χ0v) is 12.9. The molecule has 1 aliphatic rings. The maximum absolute atomic E-state index is 12.9. The van der Waals surface area contributed by atoms with Gasteiger partial charge in [-0.1, -0.05) is 0 Å². The second-order valence-corrected chi connectivity index (χ2v) is 6.21. The van der Waals surface area contributed by atoms with E-state index < -0.39 is 5.92 Å². The van der Waals surface area contributed by atoms with Gasteiger partial charge in [0.15, 0.2) is 5.65 Å². The fourth-order valence-corrected chi connectivity index (χ4v) is 3.09. The number of hydrogen-bond acceptors (Lipinski definition) is 5. The third kappa shape index (κ3) is 2.39. The van der Waals surface area contributed by atoms with Crippen LogP contribution in [0.15, 0.2) is 36.9 Å². The van der Waals surface area contributed by atoms with Gasteiger partial charge in [0.25, 0.3) is 5.92 Å². The summed E-state index contributed by atoms with van der Waals surface area (Å²) in [5.41, 5.74) is 3.03. The molecule has 5 rings (SSSR count). The number of anilines is 1. The van der Waals surface area contributed by atoms with Crippen LogP contribution in [0.3, 0.4) is 0 Å². The summed E-state index contributed by atoms with van der Waals surface area (Å²) in [6, 6.07) is 3.48. The van der Waals surface area contributed by atoms with Crippen molar-refractivity contribution in [1.82, 2.24) is 29.5 Å². The predicted molar refractivity (Wildman–Crippen MR) is 87.5 cm³/mol. The van der Waals surface area contributed by atoms with Crippen molar-refractivity contribution in [1.29, 1.82) is 0 Å². The van der Waals surface area contributed by atoms with Crippen molar-refractivity contribution in [2.75, 3.05) is 5.32 Å². The van der Waals surface area contributed by atoms with E-state index in [0.717, 1.165) is 22.3 Å². The van der Waals surface area contributed by atoms with Crippen LogP contribution in [-0.4, -0.2) is 41.5 Å². The van der Waals surface area contributed by atoms with Crippen molar-refractivity contribution in [2.45, 2.75) is 24.8 Å². The second-order valence-electron chi connectivity index (χ2n) is 6.21. The van der Waals surface area contributed by atoms with E-state index in [1.54, 1.807) is 23.1 Å². The molecule has 4 heterocycles. The number of halogens is 2. The van der Waals surface area contributed by atoms with E-state index in [1.807, 2.05) is 18.3 Å². The summed E-state index contributed by atoms with van der Waals surface area (Å²) in [5, 5.41) is 8.28. The number of aromatic nitrogens is 6. The molecule has 0 aliphatic heterocycles. The van der Waals surface area contributed by atoms with E-state index >= 15 is 0 Å². The second kappa shape index (κ2) is 4.95. The first kappa shape index (κ1) is 14.3. The van der Waals surface area contributed by atoms with Crippen LogP contribution in [0.5, 0.6) is 0 Å². The minimum Gasteiger partial charge on any atom is -0.351 e. The van der Waals surface area contributed by atoms with Crippen molar-refractivity contribution in [3.63, 3.8) is 0 Å². The Morgan fingerprint density at radius 2 is 2.12 bits per heavy atom. The van der Waals surface area contributed by atoms with Gasteiger partial charge in [-0.3, -0.25) is 0 Å². The van der Waals surface area contributed by atoms with E-state index in [2.05, 4.69) is 30.4 Å². The fourth-order valence-electron chi connectivity index (χ4n) is 3.09. The number of nitrogens with one attached hydrogen (secondary N) is 2. The minimum absolute atomic E-state index is 0.181. The summed E-state index contributed by atoms with van der Waals surface area (Å²) >= 11 is 0. The first-order valence-corrected chi connectivity index (χ1v) is 7.87. The summed E-state index contributed by atoms with van der Waals surface area (Å²) in [4.78, 5) is 15.9.